The van der Waals surface area contributed by atoms with Crippen LogP contribution in [0.3, 0.4) is 0 Å². The number of aromatic nitrogens is 8. The van der Waals surface area contributed by atoms with Crippen molar-refractivity contribution >= 4 is 33.5 Å². The van der Waals surface area contributed by atoms with Gasteiger partial charge in [0.2, 0.25) is 5.91 Å². The van der Waals surface area contributed by atoms with Gasteiger partial charge in [-0.05, 0) is 37.6 Å². The number of fused-ring (bicyclic) bond motifs is 2. The van der Waals surface area contributed by atoms with Crippen LogP contribution in [0.2, 0.25) is 0 Å². The molecule has 0 aromatic carbocycles. The van der Waals surface area contributed by atoms with Crippen LogP contribution in [0.4, 0.5) is 5.69 Å². The van der Waals surface area contributed by atoms with Gasteiger partial charge in [-0.1, -0.05) is 6.92 Å². The molecule has 6 aromatic rings. The van der Waals surface area contributed by atoms with E-state index in [0.717, 1.165) is 62.4 Å². The van der Waals surface area contributed by atoms with E-state index in [2.05, 4.69) is 40.4 Å². The summed E-state index contributed by atoms with van der Waals surface area (Å²) < 4.78 is 1.99. The summed E-state index contributed by atoms with van der Waals surface area (Å²) in [6, 6.07) is 7.86. The smallest absolute Gasteiger partial charge is 0.224 e. The van der Waals surface area contributed by atoms with Crippen LogP contribution >= 0.6 is 0 Å². The first-order chi connectivity index (χ1) is 17.6. The molecule has 0 fully saturated rings. The highest BCUT2D eigenvalue weighted by molar-refractivity contribution is 5.98. The molecule has 10 heteroatoms. The number of hydrogen-bond acceptors (Lipinski definition) is 6. The summed E-state index contributed by atoms with van der Waals surface area (Å²) in [5.74, 6) is -0.0328. The Morgan fingerprint density at radius 3 is 2.83 bits per heavy atom. The van der Waals surface area contributed by atoms with Crippen LogP contribution in [0.25, 0.3) is 50.3 Å². The van der Waals surface area contributed by atoms with E-state index in [1.165, 1.54) is 0 Å². The van der Waals surface area contributed by atoms with E-state index in [1.54, 1.807) is 31.1 Å². The first-order valence-corrected chi connectivity index (χ1v) is 11.7. The number of nitrogens with zero attached hydrogens (tertiary/aromatic N) is 6. The minimum absolute atomic E-state index is 0.0328. The number of rotatable bonds is 6. The predicted molar refractivity (Wildman–Crippen MR) is 138 cm³/mol. The molecule has 0 spiro atoms. The molecule has 0 unspecified atom stereocenters. The second-order valence-electron chi connectivity index (χ2n) is 8.65. The highest BCUT2D eigenvalue weighted by atomic mass is 16.1. The van der Waals surface area contributed by atoms with Crippen LogP contribution in [0.5, 0.6) is 0 Å². The maximum absolute atomic E-state index is 12.0. The fourth-order valence-electron chi connectivity index (χ4n) is 4.30. The first kappa shape index (κ1) is 21.7. The Labute approximate surface area is 205 Å². The fraction of sp³-hybridized carbons (Fsp3) is 0.154. The lowest BCUT2D eigenvalue weighted by Gasteiger charge is -2.06. The largest absolute Gasteiger partial charge is 0.338 e. The van der Waals surface area contributed by atoms with Crippen molar-refractivity contribution in [1.82, 2.24) is 39.7 Å². The van der Waals surface area contributed by atoms with Crippen molar-refractivity contribution < 1.29 is 4.79 Å². The minimum atomic E-state index is -0.0328. The predicted octanol–water partition coefficient (Wildman–Crippen LogP) is 4.80. The van der Waals surface area contributed by atoms with Crippen molar-refractivity contribution in [3.63, 3.8) is 0 Å². The summed E-state index contributed by atoms with van der Waals surface area (Å²) in [5.41, 5.74) is 7.27. The van der Waals surface area contributed by atoms with E-state index in [4.69, 9.17) is 0 Å². The summed E-state index contributed by atoms with van der Waals surface area (Å²) in [6.07, 6.45) is 11.9. The van der Waals surface area contributed by atoms with Gasteiger partial charge in [0.15, 0.2) is 0 Å². The molecule has 6 rings (SSSR count). The van der Waals surface area contributed by atoms with Gasteiger partial charge in [-0.3, -0.25) is 19.9 Å². The highest BCUT2D eigenvalue weighted by Gasteiger charge is 2.16. The normalized spacial score (nSPS) is 11.4. The van der Waals surface area contributed by atoms with Gasteiger partial charge in [-0.25, -0.2) is 9.97 Å². The van der Waals surface area contributed by atoms with Crippen LogP contribution in [-0.4, -0.2) is 45.6 Å². The average Bonchev–Trinajstić information content (AvgIpc) is 3.61. The molecule has 0 aliphatic heterocycles. The molecule has 0 atom stereocenters. The van der Waals surface area contributed by atoms with Crippen molar-refractivity contribution in [1.29, 1.82) is 0 Å². The maximum atomic E-state index is 12.0. The Hall–Kier alpha value is -4.86. The van der Waals surface area contributed by atoms with Crippen molar-refractivity contribution in [2.75, 3.05) is 5.32 Å². The number of carbonyl (C=O) groups excluding carboxylic acids is 1. The Balaban J connectivity index is 1.40. The third-order valence-corrected chi connectivity index (χ3v) is 6.00. The van der Waals surface area contributed by atoms with Crippen molar-refractivity contribution in [2.45, 2.75) is 26.7 Å². The molecule has 3 N–H and O–H groups in total. The number of amides is 1. The highest BCUT2D eigenvalue weighted by Crippen LogP contribution is 2.32. The molecular weight excluding hydrogens is 454 g/mol. The van der Waals surface area contributed by atoms with Crippen molar-refractivity contribution in [3.8, 4) is 28.3 Å². The summed E-state index contributed by atoms with van der Waals surface area (Å²) in [6.45, 7) is 3.93. The zero-order valence-electron chi connectivity index (χ0n) is 19.8. The minimum Gasteiger partial charge on any atom is -0.338 e. The lowest BCUT2D eigenvalue weighted by atomic mass is 10.1. The lowest BCUT2D eigenvalue weighted by molar-refractivity contribution is -0.116. The van der Waals surface area contributed by atoms with Gasteiger partial charge < -0.3 is 14.9 Å². The third-order valence-electron chi connectivity index (χ3n) is 6.00. The lowest BCUT2D eigenvalue weighted by Crippen LogP contribution is -2.10. The SMILES string of the molecule is CCCC(=O)Nc1cncc(-c2cc3c(-c4cc5c(-n6cnc(C)c6)ccnc5[nH]4)n[nH]c3cn2)c1. The molecular formula is C26H23N9O. The number of imidazole rings is 1. The molecule has 0 aliphatic rings. The molecule has 10 nitrogen and oxygen atoms in total. The number of hydrogen-bond donors (Lipinski definition) is 3. The van der Waals surface area contributed by atoms with Crippen LogP contribution in [0.15, 0.2) is 61.6 Å². The Bertz CT molecular complexity index is 1730. The van der Waals surface area contributed by atoms with Gasteiger partial charge in [-0.15, -0.1) is 0 Å². The molecule has 36 heavy (non-hydrogen) atoms. The van der Waals surface area contributed by atoms with E-state index in [9.17, 15) is 4.79 Å². The summed E-state index contributed by atoms with van der Waals surface area (Å²) in [4.78, 5) is 33.1. The van der Waals surface area contributed by atoms with Crippen LogP contribution < -0.4 is 5.32 Å². The van der Waals surface area contributed by atoms with Crippen LogP contribution in [0, 0.1) is 6.92 Å². The van der Waals surface area contributed by atoms with Gasteiger partial charge in [-0.2, -0.15) is 5.10 Å². The zero-order valence-corrected chi connectivity index (χ0v) is 19.8. The summed E-state index contributed by atoms with van der Waals surface area (Å²) in [5, 5.41) is 12.4. The van der Waals surface area contributed by atoms with Gasteiger partial charge in [0.1, 0.15) is 11.3 Å². The number of carbonyl (C=O) groups is 1. The molecule has 178 valence electrons. The first-order valence-electron chi connectivity index (χ1n) is 11.7. The molecule has 0 aliphatic carbocycles. The second kappa shape index (κ2) is 8.73. The Morgan fingerprint density at radius 1 is 1.08 bits per heavy atom. The number of anilines is 1. The van der Waals surface area contributed by atoms with Gasteiger partial charge in [0, 0.05) is 41.3 Å². The number of H-pyrrole nitrogens is 2. The van der Waals surface area contributed by atoms with Gasteiger partial charge in [0.05, 0.1) is 52.7 Å². The Morgan fingerprint density at radius 2 is 2.00 bits per heavy atom. The van der Waals surface area contributed by atoms with E-state index >= 15 is 0 Å². The topological polar surface area (TPSA) is 130 Å². The van der Waals surface area contributed by atoms with Crippen LogP contribution in [-0.2, 0) is 4.79 Å². The average molecular weight is 478 g/mol. The second-order valence-corrected chi connectivity index (χ2v) is 8.65. The molecule has 0 saturated heterocycles. The molecule has 0 radical (unpaired) electrons. The number of aryl methyl sites for hydroxylation is 1. The third kappa shape index (κ3) is 3.88. The van der Waals surface area contributed by atoms with Crippen LogP contribution in [0.1, 0.15) is 25.5 Å². The molecule has 1 amide bonds. The molecule has 6 heterocycles. The van der Waals surface area contributed by atoms with Crippen molar-refractivity contribution in [3.05, 3.63) is 67.3 Å². The monoisotopic (exact) mass is 477 g/mol. The molecule has 0 bridgehead atoms. The summed E-state index contributed by atoms with van der Waals surface area (Å²) >= 11 is 0. The number of nitrogens with one attached hydrogen (secondary N) is 3. The van der Waals surface area contributed by atoms with E-state index < -0.39 is 0 Å². The molecule has 6 aromatic heterocycles. The van der Waals surface area contributed by atoms with Crippen molar-refractivity contribution in [2.24, 2.45) is 0 Å². The zero-order chi connectivity index (χ0) is 24.6. The summed E-state index contributed by atoms with van der Waals surface area (Å²) in [7, 11) is 0. The van der Waals surface area contributed by atoms with E-state index in [0.29, 0.717) is 12.1 Å². The number of aromatic amines is 2. The fourth-order valence-corrected chi connectivity index (χ4v) is 4.30. The Kier molecular flexibility index (Phi) is 5.25. The molecule has 0 saturated carbocycles. The van der Waals surface area contributed by atoms with Gasteiger partial charge >= 0.3 is 0 Å². The van der Waals surface area contributed by atoms with E-state index in [1.807, 2.05) is 48.9 Å². The number of pyridine rings is 3. The standard InChI is InChI=1S/C26H23N9O/c1-3-4-24(36)31-17-7-16(10-27-11-17)20-8-18-22(12-29-20)33-34-25(18)21-9-19-23(5-6-28-26(19)32-21)35-13-15(2)30-14-35/h5-14H,3-4H2,1-2H3,(H,28,32)(H,31,36)(H,33,34). The maximum Gasteiger partial charge on any atom is 0.224 e. The van der Waals surface area contributed by atoms with Gasteiger partial charge in [0.25, 0.3) is 0 Å². The van der Waals surface area contributed by atoms with E-state index in [-0.39, 0.29) is 5.91 Å². The quantitative estimate of drug-likeness (QED) is 0.316.